The Kier molecular flexibility index (Phi) is 3.48. The fraction of sp³-hybridized carbons (Fsp3) is 0.357. The van der Waals surface area contributed by atoms with E-state index in [0.29, 0.717) is 5.13 Å². The molecule has 0 fully saturated rings. The maximum Gasteiger partial charge on any atom is 0.180 e. The largest absolute Gasteiger partial charge is 0.375 e. The molecule has 17 heavy (non-hydrogen) atoms. The topological polar surface area (TPSA) is 38.9 Å². The van der Waals surface area contributed by atoms with Crippen LogP contribution in [0.4, 0.5) is 5.13 Å². The fourth-order valence-electron chi connectivity index (χ4n) is 1.92. The summed E-state index contributed by atoms with van der Waals surface area (Å²) in [6.45, 7) is 6.42. The Labute approximate surface area is 107 Å². The molecule has 2 nitrogen and oxygen atoms in total. The maximum absolute atomic E-state index is 5.77. The van der Waals surface area contributed by atoms with Crippen LogP contribution in [0.1, 0.15) is 34.2 Å². The third kappa shape index (κ3) is 2.67. The van der Waals surface area contributed by atoms with E-state index in [1.807, 2.05) is 0 Å². The number of aromatic nitrogens is 1. The maximum atomic E-state index is 5.77. The Morgan fingerprint density at radius 2 is 2.00 bits per heavy atom. The Balaban J connectivity index is 2.27. The van der Waals surface area contributed by atoms with Crippen molar-refractivity contribution < 1.29 is 0 Å². The normalized spacial score (nSPS) is 10.8. The van der Waals surface area contributed by atoms with Crippen molar-refractivity contribution in [2.45, 2.75) is 33.6 Å². The van der Waals surface area contributed by atoms with E-state index in [9.17, 15) is 0 Å². The number of nitrogens with zero attached hydrogens (tertiary/aromatic N) is 1. The van der Waals surface area contributed by atoms with E-state index in [1.54, 1.807) is 11.3 Å². The van der Waals surface area contributed by atoms with E-state index in [-0.39, 0.29) is 0 Å². The second-order valence-corrected chi connectivity index (χ2v) is 5.49. The molecule has 0 amide bonds. The number of benzene rings is 1. The van der Waals surface area contributed by atoms with Crippen molar-refractivity contribution in [2.24, 2.45) is 0 Å². The first-order valence-electron chi connectivity index (χ1n) is 5.90. The molecule has 2 aromatic rings. The van der Waals surface area contributed by atoms with Gasteiger partial charge in [-0.2, -0.15) is 0 Å². The van der Waals surface area contributed by atoms with Gasteiger partial charge in [-0.15, -0.1) is 11.3 Å². The molecule has 2 rings (SSSR count). The lowest BCUT2D eigenvalue weighted by Gasteiger charge is -2.04. The van der Waals surface area contributed by atoms with Crippen LogP contribution in [0.5, 0.6) is 0 Å². The van der Waals surface area contributed by atoms with Crippen LogP contribution >= 0.6 is 11.3 Å². The Bertz CT molecular complexity index is 529. The predicted molar refractivity (Wildman–Crippen MR) is 74.6 cm³/mol. The van der Waals surface area contributed by atoms with Gasteiger partial charge in [0.15, 0.2) is 5.13 Å². The molecule has 0 bridgehead atoms. The molecule has 0 aliphatic rings. The van der Waals surface area contributed by atoms with Gasteiger partial charge in [0.2, 0.25) is 0 Å². The van der Waals surface area contributed by atoms with Crippen LogP contribution in [0.25, 0.3) is 0 Å². The molecule has 0 aliphatic carbocycles. The van der Waals surface area contributed by atoms with Gasteiger partial charge in [0.25, 0.3) is 0 Å². The van der Waals surface area contributed by atoms with Gasteiger partial charge < -0.3 is 5.73 Å². The van der Waals surface area contributed by atoms with E-state index in [4.69, 9.17) is 5.73 Å². The fourth-order valence-corrected chi connectivity index (χ4v) is 2.87. The van der Waals surface area contributed by atoms with Crippen molar-refractivity contribution in [1.29, 1.82) is 0 Å². The summed E-state index contributed by atoms with van der Waals surface area (Å²) in [5.41, 5.74) is 10.9. The van der Waals surface area contributed by atoms with Gasteiger partial charge in [0.1, 0.15) is 0 Å². The van der Waals surface area contributed by atoms with E-state index in [0.717, 1.165) is 18.5 Å². The van der Waals surface area contributed by atoms with Crippen LogP contribution < -0.4 is 5.73 Å². The molecule has 0 atom stereocenters. The lowest BCUT2D eigenvalue weighted by molar-refractivity contribution is 1.02. The van der Waals surface area contributed by atoms with Crippen LogP contribution in [0.2, 0.25) is 0 Å². The number of nitrogens with two attached hydrogens (primary N) is 1. The number of rotatable bonds is 3. The average Bonchev–Trinajstić information content (AvgIpc) is 2.64. The average molecular weight is 246 g/mol. The SMILES string of the molecule is CCc1nc(N)sc1Cc1ccc(C)c(C)c1. The van der Waals surface area contributed by atoms with Crippen LogP contribution in [-0.2, 0) is 12.8 Å². The third-order valence-corrected chi connectivity index (χ3v) is 3.99. The first-order chi connectivity index (χ1) is 8.10. The highest BCUT2D eigenvalue weighted by atomic mass is 32.1. The van der Waals surface area contributed by atoms with Gasteiger partial charge in [-0.25, -0.2) is 4.98 Å². The quantitative estimate of drug-likeness (QED) is 0.900. The molecule has 90 valence electrons. The molecular weight excluding hydrogens is 228 g/mol. The molecule has 0 aliphatic heterocycles. The summed E-state index contributed by atoms with van der Waals surface area (Å²) in [5, 5.41) is 0.681. The Morgan fingerprint density at radius 3 is 2.65 bits per heavy atom. The first-order valence-corrected chi connectivity index (χ1v) is 6.72. The number of aryl methyl sites for hydroxylation is 3. The van der Waals surface area contributed by atoms with Crippen molar-refractivity contribution >= 4 is 16.5 Å². The molecule has 3 heteroatoms. The molecular formula is C14H18N2S. The van der Waals surface area contributed by atoms with Gasteiger partial charge in [-0.05, 0) is 37.0 Å². The third-order valence-electron chi connectivity index (χ3n) is 3.07. The van der Waals surface area contributed by atoms with Crippen molar-refractivity contribution in [3.05, 3.63) is 45.5 Å². The van der Waals surface area contributed by atoms with E-state index >= 15 is 0 Å². The zero-order chi connectivity index (χ0) is 12.4. The van der Waals surface area contributed by atoms with Crippen LogP contribution in [-0.4, -0.2) is 4.98 Å². The highest BCUT2D eigenvalue weighted by Gasteiger charge is 2.08. The standard InChI is InChI=1S/C14H18N2S/c1-4-12-13(17-14(15)16-12)8-11-6-5-9(2)10(3)7-11/h5-7H,4,8H2,1-3H3,(H2,15,16). The smallest absolute Gasteiger partial charge is 0.180 e. The molecule has 1 aromatic heterocycles. The van der Waals surface area contributed by atoms with Gasteiger partial charge >= 0.3 is 0 Å². The highest BCUT2D eigenvalue weighted by Crippen LogP contribution is 2.24. The second-order valence-electron chi connectivity index (χ2n) is 4.37. The van der Waals surface area contributed by atoms with E-state index in [2.05, 4.69) is 44.0 Å². The molecule has 0 radical (unpaired) electrons. The monoisotopic (exact) mass is 246 g/mol. The molecule has 0 unspecified atom stereocenters. The minimum Gasteiger partial charge on any atom is -0.375 e. The molecule has 0 spiro atoms. The minimum absolute atomic E-state index is 0.681. The van der Waals surface area contributed by atoms with Gasteiger partial charge in [0, 0.05) is 11.3 Å². The zero-order valence-corrected chi connectivity index (χ0v) is 11.4. The van der Waals surface area contributed by atoms with Crippen molar-refractivity contribution in [2.75, 3.05) is 5.73 Å². The van der Waals surface area contributed by atoms with Gasteiger partial charge in [0.05, 0.1) is 5.69 Å². The van der Waals surface area contributed by atoms with Crippen LogP contribution in [0.3, 0.4) is 0 Å². The Morgan fingerprint density at radius 1 is 1.24 bits per heavy atom. The zero-order valence-electron chi connectivity index (χ0n) is 10.6. The number of thiazole rings is 1. The van der Waals surface area contributed by atoms with Gasteiger partial charge in [-0.3, -0.25) is 0 Å². The molecule has 2 N–H and O–H groups in total. The van der Waals surface area contributed by atoms with Crippen LogP contribution in [0, 0.1) is 13.8 Å². The van der Waals surface area contributed by atoms with E-state index < -0.39 is 0 Å². The lowest BCUT2D eigenvalue weighted by atomic mass is 10.0. The summed E-state index contributed by atoms with van der Waals surface area (Å²) >= 11 is 1.61. The summed E-state index contributed by atoms with van der Waals surface area (Å²) < 4.78 is 0. The molecule has 1 aromatic carbocycles. The highest BCUT2D eigenvalue weighted by molar-refractivity contribution is 7.15. The van der Waals surface area contributed by atoms with Gasteiger partial charge in [-0.1, -0.05) is 25.1 Å². The van der Waals surface area contributed by atoms with Crippen molar-refractivity contribution in [3.63, 3.8) is 0 Å². The number of hydrogen-bond donors (Lipinski definition) is 1. The number of anilines is 1. The number of nitrogen functional groups attached to an aromatic ring is 1. The summed E-state index contributed by atoms with van der Waals surface area (Å²) in [7, 11) is 0. The lowest BCUT2D eigenvalue weighted by Crippen LogP contribution is -1.92. The predicted octanol–water partition coefficient (Wildman–Crippen LogP) is 3.50. The van der Waals surface area contributed by atoms with Crippen molar-refractivity contribution in [1.82, 2.24) is 4.98 Å². The molecule has 1 heterocycles. The first kappa shape index (κ1) is 12.1. The van der Waals surface area contributed by atoms with Crippen LogP contribution in [0.15, 0.2) is 18.2 Å². The summed E-state index contributed by atoms with van der Waals surface area (Å²) in [6.07, 6.45) is 1.90. The summed E-state index contributed by atoms with van der Waals surface area (Å²) in [5.74, 6) is 0. The Hall–Kier alpha value is -1.35. The second kappa shape index (κ2) is 4.88. The van der Waals surface area contributed by atoms with E-state index in [1.165, 1.54) is 21.6 Å². The summed E-state index contributed by atoms with van der Waals surface area (Å²) in [6, 6.07) is 6.63. The number of hydrogen-bond acceptors (Lipinski definition) is 3. The molecule has 0 saturated heterocycles. The van der Waals surface area contributed by atoms with Crippen molar-refractivity contribution in [3.8, 4) is 0 Å². The summed E-state index contributed by atoms with van der Waals surface area (Å²) in [4.78, 5) is 5.66. The molecule has 0 saturated carbocycles. The minimum atomic E-state index is 0.681.